The van der Waals surface area contributed by atoms with Gasteiger partial charge in [0.2, 0.25) is 10.0 Å². The molecule has 174 valence electrons. The molecule has 2 heterocycles. The number of urea groups is 1. The van der Waals surface area contributed by atoms with Gasteiger partial charge in [0, 0.05) is 51.9 Å². The van der Waals surface area contributed by atoms with Gasteiger partial charge < -0.3 is 15.0 Å². The van der Waals surface area contributed by atoms with Gasteiger partial charge in [-0.1, -0.05) is 13.8 Å². The fourth-order valence-corrected chi connectivity index (χ4v) is 5.56. The van der Waals surface area contributed by atoms with Crippen molar-refractivity contribution in [2.24, 2.45) is 5.92 Å². The predicted octanol–water partition coefficient (Wildman–Crippen LogP) is 1.59. The molecule has 2 saturated heterocycles. The number of nitrogens with zero attached hydrogens (tertiary/aromatic N) is 3. The van der Waals surface area contributed by atoms with Crippen molar-refractivity contribution in [3.8, 4) is 0 Å². The van der Waals surface area contributed by atoms with Crippen molar-refractivity contribution in [2.45, 2.75) is 31.2 Å². The van der Waals surface area contributed by atoms with E-state index in [4.69, 9.17) is 4.74 Å². The summed E-state index contributed by atoms with van der Waals surface area (Å²) in [6, 6.07) is 4.90. The Balaban J connectivity index is 1.56. The van der Waals surface area contributed by atoms with Gasteiger partial charge in [-0.3, -0.25) is 4.90 Å². The van der Waals surface area contributed by atoms with Gasteiger partial charge in [-0.05, 0) is 36.6 Å². The molecular formula is C21H33FN4O4S. The lowest BCUT2D eigenvalue weighted by atomic mass is 10.0. The van der Waals surface area contributed by atoms with E-state index in [2.05, 4.69) is 24.1 Å². The Morgan fingerprint density at radius 2 is 1.74 bits per heavy atom. The molecular weight excluding hydrogens is 423 g/mol. The largest absolute Gasteiger partial charge is 0.379 e. The van der Waals surface area contributed by atoms with Crippen LogP contribution in [-0.4, -0.2) is 93.6 Å². The van der Waals surface area contributed by atoms with Crippen LogP contribution < -0.4 is 5.32 Å². The molecule has 8 nitrogen and oxygen atoms in total. The summed E-state index contributed by atoms with van der Waals surface area (Å²) in [5.41, 5.74) is 0. The monoisotopic (exact) mass is 456 g/mol. The number of hydrogen-bond donors (Lipinski definition) is 1. The third-order valence-corrected chi connectivity index (χ3v) is 7.85. The number of ether oxygens (including phenoxy) is 1. The van der Waals surface area contributed by atoms with Crippen molar-refractivity contribution >= 4 is 16.1 Å². The normalized spacial score (nSPS) is 20.5. The maximum atomic E-state index is 13.2. The van der Waals surface area contributed by atoms with Crippen LogP contribution in [0, 0.1) is 11.7 Å². The van der Waals surface area contributed by atoms with Gasteiger partial charge in [-0.2, -0.15) is 4.31 Å². The molecule has 1 N–H and O–H groups in total. The van der Waals surface area contributed by atoms with E-state index in [0.29, 0.717) is 51.7 Å². The Bertz CT molecular complexity index is 828. The van der Waals surface area contributed by atoms with Crippen molar-refractivity contribution < 1.29 is 22.3 Å². The summed E-state index contributed by atoms with van der Waals surface area (Å²) in [5, 5.41) is 3.05. The molecule has 1 unspecified atom stereocenters. The molecule has 1 aromatic carbocycles. The van der Waals surface area contributed by atoms with E-state index in [1.807, 2.05) is 0 Å². The first-order chi connectivity index (χ1) is 14.8. The van der Waals surface area contributed by atoms with Gasteiger partial charge in [-0.15, -0.1) is 0 Å². The third-order valence-electron chi connectivity index (χ3n) is 5.94. The van der Waals surface area contributed by atoms with Gasteiger partial charge in [0.05, 0.1) is 18.1 Å². The molecule has 2 aliphatic heterocycles. The van der Waals surface area contributed by atoms with E-state index in [9.17, 15) is 17.6 Å². The number of morpholine rings is 1. The molecule has 0 saturated carbocycles. The number of rotatable bonds is 6. The SMILES string of the molecule is CC(C)C(CNC(=O)N1CCCN(S(=O)(=O)c2ccc(F)cc2)CC1)N1CCOCC1. The maximum absolute atomic E-state index is 13.2. The summed E-state index contributed by atoms with van der Waals surface area (Å²) >= 11 is 0. The van der Waals surface area contributed by atoms with Crippen molar-refractivity contribution in [1.29, 1.82) is 0 Å². The number of hydrogen-bond acceptors (Lipinski definition) is 5. The summed E-state index contributed by atoms with van der Waals surface area (Å²) < 4.78 is 45.7. The number of benzene rings is 1. The van der Waals surface area contributed by atoms with Crippen LogP contribution in [0.2, 0.25) is 0 Å². The zero-order chi connectivity index (χ0) is 22.4. The minimum absolute atomic E-state index is 0.0667. The molecule has 2 fully saturated rings. The highest BCUT2D eigenvalue weighted by Crippen LogP contribution is 2.18. The lowest BCUT2D eigenvalue weighted by Gasteiger charge is -2.37. The van der Waals surface area contributed by atoms with E-state index in [-0.39, 0.29) is 23.5 Å². The first-order valence-corrected chi connectivity index (χ1v) is 12.3. The molecule has 1 atom stereocenters. The summed E-state index contributed by atoms with van der Waals surface area (Å²) in [6.07, 6.45) is 0.547. The van der Waals surface area contributed by atoms with Crippen LogP contribution in [0.3, 0.4) is 0 Å². The number of nitrogens with one attached hydrogen (secondary N) is 1. The van der Waals surface area contributed by atoms with Gasteiger partial charge in [0.1, 0.15) is 5.82 Å². The summed E-state index contributed by atoms with van der Waals surface area (Å²) in [7, 11) is -3.71. The molecule has 31 heavy (non-hydrogen) atoms. The van der Waals surface area contributed by atoms with Gasteiger partial charge >= 0.3 is 6.03 Å². The second-order valence-corrected chi connectivity index (χ2v) is 10.3. The van der Waals surface area contributed by atoms with E-state index in [1.54, 1.807) is 4.90 Å². The zero-order valence-corrected chi connectivity index (χ0v) is 19.1. The Morgan fingerprint density at radius 3 is 2.39 bits per heavy atom. The van der Waals surface area contributed by atoms with Crippen LogP contribution in [-0.2, 0) is 14.8 Å². The average Bonchev–Trinajstić information content (AvgIpc) is 3.01. The van der Waals surface area contributed by atoms with Crippen molar-refractivity contribution in [1.82, 2.24) is 19.4 Å². The topological polar surface area (TPSA) is 82.2 Å². The van der Waals surface area contributed by atoms with Crippen LogP contribution in [0.5, 0.6) is 0 Å². The molecule has 0 aromatic heterocycles. The fourth-order valence-electron chi connectivity index (χ4n) is 4.09. The van der Waals surface area contributed by atoms with E-state index in [1.165, 1.54) is 16.4 Å². The summed E-state index contributed by atoms with van der Waals surface area (Å²) in [5.74, 6) is -0.0895. The maximum Gasteiger partial charge on any atom is 0.317 e. The first-order valence-electron chi connectivity index (χ1n) is 10.9. The smallest absolute Gasteiger partial charge is 0.317 e. The highest BCUT2D eigenvalue weighted by molar-refractivity contribution is 7.89. The van der Waals surface area contributed by atoms with Crippen LogP contribution in [0.1, 0.15) is 20.3 Å². The molecule has 10 heteroatoms. The molecule has 2 aliphatic rings. The van der Waals surface area contributed by atoms with Gasteiger partial charge in [-0.25, -0.2) is 17.6 Å². The number of amides is 2. The first kappa shape index (κ1) is 23.9. The zero-order valence-electron chi connectivity index (χ0n) is 18.3. The Labute approximate surface area is 184 Å². The highest BCUT2D eigenvalue weighted by Gasteiger charge is 2.29. The Hall–Kier alpha value is -1.75. The molecule has 1 aromatic rings. The minimum Gasteiger partial charge on any atom is -0.379 e. The number of halogens is 1. The van der Waals surface area contributed by atoms with E-state index < -0.39 is 15.8 Å². The Kier molecular flexibility index (Phi) is 8.26. The van der Waals surface area contributed by atoms with Crippen LogP contribution in [0.25, 0.3) is 0 Å². The minimum atomic E-state index is -3.71. The number of carbonyl (C=O) groups excluding carboxylic acids is 1. The quantitative estimate of drug-likeness (QED) is 0.703. The van der Waals surface area contributed by atoms with Crippen molar-refractivity contribution in [2.75, 3.05) is 59.0 Å². The number of sulfonamides is 1. The van der Waals surface area contributed by atoms with Crippen LogP contribution >= 0.6 is 0 Å². The fraction of sp³-hybridized carbons (Fsp3) is 0.667. The second kappa shape index (κ2) is 10.7. The van der Waals surface area contributed by atoms with Gasteiger partial charge in [0.15, 0.2) is 0 Å². The molecule has 3 rings (SSSR count). The van der Waals surface area contributed by atoms with E-state index in [0.717, 1.165) is 25.2 Å². The number of carbonyl (C=O) groups is 1. The lowest BCUT2D eigenvalue weighted by molar-refractivity contribution is 0.00695. The average molecular weight is 457 g/mol. The van der Waals surface area contributed by atoms with E-state index >= 15 is 0 Å². The molecule has 0 aliphatic carbocycles. The molecule has 0 bridgehead atoms. The lowest BCUT2D eigenvalue weighted by Crippen LogP contribution is -2.53. The summed E-state index contributed by atoms with van der Waals surface area (Å²) in [6.45, 7) is 9.33. The predicted molar refractivity (Wildman–Crippen MR) is 116 cm³/mol. The standard InChI is InChI=1S/C21H33FN4O4S/c1-17(2)20(24-12-14-30-15-13-24)16-23-21(27)25-8-3-9-26(11-10-25)31(28,29)19-6-4-18(22)5-7-19/h4-7,17,20H,3,8-16H2,1-2H3,(H,23,27). The highest BCUT2D eigenvalue weighted by atomic mass is 32.2. The van der Waals surface area contributed by atoms with Gasteiger partial charge in [0.25, 0.3) is 0 Å². The Morgan fingerprint density at radius 1 is 1.06 bits per heavy atom. The van der Waals surface area contributed by atoms with Crippen LogP contribution in [0.4, 0.5) is 9.18 Å². The molecule has 2 amide bonds. The van der Waals surface area contributed by atoms with Crippen LogP contribution in [0.15, 0.2) is 29.2 Å². The molecule has 0 spiro atoms. The van der Waals surface area contributed by atoms with Crippen molar-refractivity contribution in [3.63, 3.8) is 0 Å². The summed E-state index contributed by atoms with van der Waals surface area (Å²) in [4.78, 5) is 16.9. The van der Waals surface area contributed by atoms with Crippen molar-refractivity contribution in [3.05, 3.63) is 30.1 Å². The molecule has 0 radical (unpaired) electrons. The third kappa shape index (κ3) is 6.15. The second-order valence-electron chi connectivity index (χ2n) is 8.34.